The summed E-state index contributed by atoms with van der Waals surface area (Å²) in [5.74, 6) is 1.07. The van der Waals surface area contributed by atoms with E-state index in [0.717, 1.165) is 24.8 Å². The monoisotopic (exact) mass is 405 g/mol. The average Bonchev–Trinajstić information content (AvgIpc) is 2.72. The number of hydrogen-bond donors (Lipinski definition) is 0. The van der Waals surface area contributed by atoms with Gasteiger partial charge in [0.05, 0.1) is 10.9 Å². The number of likely N-dealkylation sites (tertiary alicyclic amines) is 1. The van der Waals surface area contributed by atoms with Crippen LogP contribution >= 0.6 is 0 Å². The third kappa shape index (κ3) is 3.84. The van der Waals surface area contributed by atoms with Gasteiger partial charge in [0.15, 0.2) is 6.61 Å². The fourth-order valence-corrected chi connectivity index (χ4v) is 4.45. The minimum atomic E-state index is -0.0708. The number of piperidine rings is 1. The van der Waals surface area contributed by atoms with Crippen LogP contribution in [0.5, 0.6) is 5.75 Å². The van der Waals surface area contributed by atoms with Gasteiger partial charge in [-0.15, -0.1) is 0 Å². The third-order valence-corrected chi connectivity index (χ3v) is 5.95. The molecule has 0 bridgehead atoms. The van der Waals surface area contributed by atoms with Gasteiger partial charge in [-0.2, -0.15) is 0 Å². The van der Waals surface area contributed by atoms with Crippen LogP contribution in [-0.4, -0.2) is 29.5 Å². The van der Waals surface area contributed by atoms with Gasteiger partial charge in [-0.25, -0.2) is 0 Å². The number of nitrogens with zero attached hydrogens (tertiary/aromatic N) is 1. The highest BCUT2D eigenvalue weighted by atomic mass is 16.5. The fraction of sp³-hybridized carbons (Fsp3) is 0.360. The maximum Gasteiger partial charge on any atom is 0.260 e. The van der Waals surface area contributed by atoms with E-state index in [2.05, 4.69) is 13.8 Å². The Bertz CT molecular complexity index is 1110. The van der Waals surface area contributed by atoms with Crippen molar-refractivity contribution >= 4 is 16.9 Å². The van der Waals surface area contributed by atoms with Gasteiger partial charge >= 0.3 is 0 Å². The summed E-state index contributed by atoms with van der Waals surface area (Å²) >= 11 is 0. The van der Waals surface area contributed by atoms with Crippen molar-refractivity contribution in [2.75, 3.05) is 6.61 Å². The molecule has 0 unspecified atom stereocenters. The first-order valence-electron chi connectivity index (χ1n) is 10.5. The number of benzene rings is 2. The Morgan fingerprint density at radius 2 is 1.80 bits per heavy atom. The van der Waals surface area contributed by atoms with Crippen LogP contribution in [-0.2, 0) is 4.79 Å². The summed E-state index contributed by atoms with van der Waals surface area (Å²) < 4.78 is 11.7. The van der Waals surface area contributed by atoms with E-state index in [-0.39, 0.29) is 30.0 Å². The van der Waals surface area contributed by atoms with Gasteiger partial charge < -0.3 is 14.1 Å². The lowest BCUT2D eigenvalue weighted by Gasteiger charge is -2.38. The lowest BCUT2D eigenvalue weighted by Crippen LogP contribution is -2.49. The van der Waals surface area contributed by atoms with E-state index in [4.69, 9.17) is 9.15 Å². The summed E-state index contributed by atoms with van der Waals surface area (Å²) in [6, 6.07) is 15.1. The van der Waals surface area contributed by atoms with E-state index in [1.54, 1.807) is 25.1 Å². The molecule has 1 amide bonds. The number of amides is 1. The van der Waals surface area contributed by atoms with Crippen molar-refractivity contribution in [1.29, 1.82) is 0 Å². The Morgan fingerprint density at radius 1 is 1.10 bits per heavy atom. The van der Waals surface area contributed by atoms with Crippen molar-refractivity contribution in [2.24, 2.45) is 0 Å². The molecule has 0 spiro atoms. The summed E-state index contributed by atoms with van der Waals surface area (Å²) in [5, 5.41) is 0.497. The van der Waals surface area contributed by atoms with Gasteiger partial charge in [0.25, 0.3) is 5.91 Å². The lowest BCUT2D eigenvalue weighted by molar-refractivity contribution is -0.139. The molecule has 4 rings (SSSR count). The Morgan fingerprint density at radius 3 is 2.50 bits per heavy atom. The second-order valence-corrected chi connectivity index (χ2v) is 8.10. The summed E-state index contributed by atoms with van der Waals surface area (Å²) in [7, 11) is 0. The maximum absolute atomic E-state index is 13.0. The van der Waals surface area contributed by atoms with Crippen LogP contribution in [0.3, 0.4) is 0 Å². The molecule has 3 aromatic rings. The minimum Gasteiger partial charge on any atom is -0.484 e. The Hall–Kier alpha value is -3.08. The van der Waals surface area contributed by atoms with Gasteiger partial charge in [0.1, 0.15) is 17.1 Å². The molecule has 2 atom stereocenters. The zero-order chi connectivity index (χ0) is 21.3. The molecular formula is C25H27NO4. The summed E-state index contributed by atoms with van der Waals surface area (Å²) in [6.45, 7) is 5.95. The quantitative estimate of drug-likeness (QED) is 0.617. The topological polar surface area (TPSA) is 59.8 Å². The van der Waals surface area contributed by atoms with Crippen LogP contribution in [0.15, 0.2) is 57.7 Å². The van der Waals surface area contributed by atoms with E-state index in [1.807, 2.05) is 35.2 Å². The fourth-order valence-electron chi connectivity index (χ4n) is 4.45. The maximum atomic E-state index is 13.0. The molecule has 1 saturated heterocycles. The zero-order valence-electron chi connectivity index (χ0n) is 17.7. The summed E-state index contributed by atoms with van der Waals surface area (Å²) in [4.78, 5) is 27.7. The number of carbonyl (C=O) groups is 1. The second-order valence-electron chi connectivity index (χ2n) is 8.10. The molecule has 1 aliphatic heterocycles. The number of hydrogen-bond acceptors (Lipinski definition) is 4. The molecule has 0 N–H and O–H groups in total. The van der Waals surface area contributed by atoms with Crippen LogP contribution in [0.25, 0.3) is 22.1 Å². The highest BCUT2D eigenvalue weighted by molar-refractivity contribution is 5.84. The summed E-state index contributed by atoms with van der Waals surface area (Å²) in [5.41, 5.74) is 1.79. The molecule has 2 aromatic carbocycles. The molecule has 156 valence electrons. The molecule has 5 heteroatoms. The van der Waals surface area contributed by atoms with Crippen LogP contribution in [0.1, 0.15) is 38.9 Å². The van der Waals surface area contributed by atoms with Gasteiger partial charge in [0.2, 0.25) is 5.43 Å². The molecule has 0 aliphatic carbocycles. The van der Waals surface area contributed by atoms with E-state index in [9.17, 15) is 9.59 Å². The van der Waals surface area contributed by atoms with Crippen molar-refractivity contribution in [1.82, 2.24) is 4.90 Å². The molecule has 1 fully saturated rings. The highest BCUT2D eigenvalue weighted by Gasteiger charge is 2.29. The normalized spacial score (nSPS) is 19.1. The first kappa shape index (κ1) is 20.2. The van der Waals surface area contributed by atoms with Crippen LogP contribution in [0, 0.1) is 6.92 Å². The zero-order valence-corrected chi connectivity index (χ0v) is 17.7. The number of rotatable bonds is 4. The third-order valence-electron chi connectivity index (χ3n) is 5.95. The molecule has 0 saturated carbocycles. The van der Waals surface area contributed by atoms with Crippen molar-refractivity contribution < 1.29 is 13.9 Å². The molecule has 0 radical (unpaired) electrons. The predicted octanol–water partition coefficient (Wildman–Crippen LogP) is 4.94. The van der Waals surface area contributed by atoms with Crippen molar-refractivity contribution in [3.63, 3.8) is 0 Å². The van der Waals surface area contributed by atoms with E-state index in [1.165, 1.54) is 0 Å². The predicted molar refractivity (Wildman–Crippen MR) is 118 cm³/mol. The number of aryl methyl sites for hydroxylation is 1. The molecule has 30 heavy (non-hydrogen) atoms. The van der Waals surface area contributed by atoms with Crippen LogP contribution in [0.2, 0.25) is 0 Å². The van der Waals surface area contributed by atoms with E-state index < -0.39 is 0 Å². The molecule has 5 nitrogen and oxygen atoms in total. The van der Waals surface area contributed by atoms with Gasteiger partial charge in [0, 0.05) is 18.2 Å². The second kappa shape index (κ2) is 8.34. The molecular weight excluding hydrogens is 378 g/mol. The Labute approximate surface area is 176 Å². The van der Waals surface area contributed by atoms with E-state index >= 15 is 0 Å². The van der Waals surface area contributed by atoms with Gasteiger partial charge in [-0.1, -0.05) is 30.3 Å². The van der Waals surface area contributed by atoms with Crippen molar-refractivity contribution in [3.05, 3.63) is 64.5 Å². The van der Waals surface area contributed by atoms with Crippen molar-refractivity contribution in [3.8, 4) is 16.9 Å². The molecule has 1 aromatic heterocycles. The first-order chi connectivity index (χ1) is 14.5. The Balaban J connectivity index is 1.57. The van der Waals surface area contributed by atoms with Crippen LogP contribution < -0.4 is 10.2 Å². The minimum absolute atomic E-state index is 0.00754. The van der Waals surface area contributed by atoms with Crippen molar-refractivity contribution in [2.45, 2.75) is 52.1 Å². The number of carbonyl (C=O) groups excluding carboxylic acids is 1. The smallest absolute Gasteiger partial charge is 0.260 e. The summed E-state index contributed by atoms with van der Waals surface area (Å²) in [6.07, 6.45) is 3.21. The van der Waals surface area contributed by atoms with Crippen LogP contribution in [0.4, 0.5) is 0 Å². The molecule has 2 heterocycles. The van der Waals surface area contributed by atoms with Gasteiger partial charge in [-0.3, -0.25) is 9.59 Å². The standard InChI is InChI=1S/C25H27NO4/c1-16-8-7-9-17(2)26(16)23(27)15-29-20-12-13-21-22(14-20)30-18(3)24(25(21)28)19-10-5-4-6-11-19/h4-6,10-14,16-17H,7-9,15H2,1-3H3/t16-,17-/m1/s1. The lowest BCUT2D eigenvalue weighted by atomic mass is 9.97. The average molecular weight is 405 g/mol. The SMILES string of the molecule is Cc1oc2cc(OCC(=O)N3[C@H](C)CCC[C@H]3C)ccc2c(=O)c1-c1ccccc1. The number of fused-ring (bicyclic) bond motifs is 1. The largest absolute Gasteiger partial charge is 0.484 e. The number of ether oxygens (including phenoxy) is 1. The first-order valence-corrected chi connectivity index (χ1v) is 10.5. The van der Waals surface area contributed by atoms with E-state index in [0.29, 0.717) is 28.0 Å². The molecule has 1 aliphatic rings. The van der Waals surface area contributed by atoms with Gasteiger partial charge in [-0.05, 0) is 57.7 Å². The highest BCUT2D eigenvalue weighted by Crippen LogP contribution is 2.27. The Kier molecular flexibility index (Phi) is 5.62.